The number of aromatic nitrogens is 1. The molecule has 3 rings (SSSR count). The minimum absolute atomic E-state index is 0.0514. The van der Waals surface area contributed by atoms with Gasteiger partial charge in [-0.15, -0.1) is 0 Å². The van der Waals surface area contributed by atoms with Gasteiger partial charge in [0.2, 0.25) is 0 Å². The highest BCUT2D eigenvalue weighted by Gasteiger charge is 2.46. The first-order valence-electron chi connectivity index (χ1n) is 9.05. The van der Waals surface area contributed by atoms with Gasteiger partial charge in [-0.2, -0.15) is 0 Å². The number of hydrogen-bond donors (Lipinski definition) is 2. The highest BCUT2D eigenvalue weighted by Crippen LogP contribution is 2.40. The van der Waals surface area contributed by atoms with Crippen LogP contribution in [0, 0.1) is 0 Å². The molecule has 8 nitrogen and oxygen atoms in total. The molecular formula is C21H23N3O5. The number of nitrogens with zero attached hydrogens (tertiary/aromatic N) is 3. The first kappa shape index (κ1) is 20.3. The Balaban J connectivity index is 2.15. The van der Waals surface area contributed by atoms with E-state index in [0.717, 1.165) is 0 Å². The number of rotatable bonds is 6. The summed E-state index contributed by atoms with van der Waals surface area (Å²) in [6, 6.07) is 6.94. The molecule has 1 amide bonds. The Bertz CT molecular complexity index is 956. The minimum Gasteiger partial charge on any atom is -0.507 e. The molecule has 2 aromatic rings. The Labute approximate surface area is 168 Å². The monoisotopic (exact) mass is 397 g/mol. The molecule has 152 valence electrons. The largest absolute Gasteiger partial charge is 0.507 e. The number of phenols is 1. The van der Waals surface area contributed by atoms with E-state index in [1.807, 2.05) is 19.0 Å². The molecule has 0 bridgehead atoms. The van der Waals surface area contributed by atoms with Gasteiger partial charge in [0.1, 0.15) is 17.3 Å². The van der Waals surface area contributed by atoms with Crippen LogP contribution in [0.3, 0.4) is 0 Å². The number of carbonyl (C=O) groups is 2. The fraction of sp³-hybridized carbons (Fsp3) is 0.286. The molecule has 2 N–H and O–H groups in total. The number of hydrogen-bond acceptors (Lipinski definition) is 7. The lowest BCUT2D eigenvalue weighted by Gasteiger charge is -2.26. The van der Waals surface area contributed by atoms with Crippen LogP contribution in [0.1, 0.15) is 17.2 Å². The maximum Gasteiger partial charge on any atom is 0.295 e. The van der Waals surface area contributed by atoms with Gasteiger partial charge in [0, 0.05) is 31.5 Å². The van der Waals surface area contributed by atoms with Gasteiger partial charge in [0.25, 0.3) is 11.7 Å². The van der Waals surface area contributed by atoms with Gasteiger partial charge in [-0.25, -0.2) is 0 Å². The van der Waals surface area contributed by atoms with Crippen LogP contribution in [0.5, 0.6) is 11.5 Å². The van der Waals surface area contributed by atoms with Crippen molar-refractivity contribution < 1.29 is 24.5 Å². The van der Waals surface area contributed by atoms with Crippen LogP contribution in [0.4, 0.5) is 0 Å². The van der Waals surface area contributed by atoms with Crippen LogP contribution in [-0.2, 0) is 9.59 Å². The Morgan fingerprint density at radius 3 is 2.48 bits per heavy atom. The highest BCUT2D eigenvalue weighted by molar-refractivity contribution is 6.46. The van der Waals surface area contributed by atoms with Crippen LogP contribution in [-0.4, -0.2) is 71.0 Å². The maximum absolute atomic E-state index is 12.8. The van der Waals surface area contributed by atoms with E-state index in [1.54, 1.807) is 30.6 Å². The first-order chi connectivity index (χ1) is 13.8. The number of aliphatic hydroxyl groups is 1. The molecule has 1 atom stereocenters. The molecule has 0 saturated carbocycles. The molecule has 0 spiro atoms. The number of methoxy groups -OCH3 is 1. The van der Waals surface area contributed by atoms with Gasteiger partial charge in [0.15, 0.2) is 0 Å². The highest BCUT2D eigenvalue weighted by atomic mass is 16.5. The van der Waals surface area contributed by atoms with Crippen molar-refractivity contribution in [3.05, 3.63) is 59.4 Å². The lowest BCUT2D eigenvalue weighted by Crippen LogP contribution is -2.35. The van der Waals surface area contributed by atoms with E-state index in [0.29, 0.717) is 24.4 Å². The normalized spacial score (nSPS) is 18.5. The van der Waals surface area contributed by atoms with Crippen LogP contribution in [0.25, 0.3) is 5.76 Å². The van der Waals surface area contributed by atoms with Gasteiger partial charge >= 0.3 is 0 Å². The smallest absolute Gasteiger partial charge is 0.295 e. The van der Waals surface area contributed by atoms with Crippen LogP contribution < -0.4 is 4.74 Å². The lowest BCUT2D eigenvalue weighted by atomic mass is 9.95. The third-order valence-electron chi connectivity index (χ3n) is 4.81. The van der Waals surface area contributed by atoms with Gasteiger partial charge in [-0.05, 0) is 43.9 Å². The summed E-state index contributed by atoms with van der Waals surface area (Å²) in [5.74, 6) is -1.77. The summed E-state index contributed by atoms with van der Waals surface area (Å²) in [5.41, 5.74) is 0.628. The fourth-order valence-electron chi connectivity index (χ4n) is 3.29. The third-order valence-corrected chi connectivity index (χ3v) is 4.81. The van der Waals surface area contributed by atoms with Gasteiger partial charge in [0.05, 0.1) is 24.3 Å². The summed E-state index contributed by atoms with van der Waals surface area (Å²) >= 11 is 0. The van der Waals surface area contributed by atoms with E-state index >= 15 is 0 Å². The zero-order valence-electron chi connectivity index (χ0n) is 16.5. The number of aliphatic hydroxyl groups excluding tert-OH is 1. The van der Waals surface area contributed by atoms with Crippen molar-refractivity contribution in [3.63, 3.8) is 0 Å². The van der Waals surface area contributed by atoms with E-state index < -0.39 is 23.5 Å². The number of aromatic hydroxyl groups is 1. The van der Waals surface area contributed by atoms with Crippen molar-refractivity contribution in [2.75, 3.05) is 34.3 Å². The lowest BCUT2D eigenvalue weighted by molar-refractivity contribution is -0.140. The van der Waals surface area contributed by atoms with E-state index in [-0.39, 0.29) is 16.9 Å². The second kappa shape index (κ2) is 8.32. The Morgan fingerprint density at radius 2 is 1.90 bits per heavy atom. The number of benzene rings is 1. The summed E-state index contributed by atoms with van der Waals surface area (Å²) in [6.45, 7) is 0.846. The van der Waals surface area contributed by atoms with E-state index in [4.69, 9.17) is 4.74 Å². The summed E-state index contributed by atoms with van der Waals surface area (Å²) in [5, 5.41) is 21.2. The predicted molar refractivity (Wildman–Crippen MR) is 106 cm³/mol. The summed E-state index contributed by atoms with van der Waals surface area (Å²) < 4.78 is 5.06. The van der Waals surface area contributed by atoms with E-state index in [1.165, 1.54) is 24.1 Å². The third kappa shape index (κ3) is 3.93. The molecule has 1 aliphatic rings. The second-order valence-electron chi connectivity index (χ2n) is 6.96. The number of ether oxygens (including phenoxy) is 1. The molecule has 1 unspecified atom stereocenters. The Morgan fingerprint density at radius 1 is 1.21 bits per heavy atom. The summed E-state index contributed by atoms with van der Waals surface area (Å²) in [6.07, 6.45) is 3.12. The molecule has 0 aliphatic carbocycles. The predicted octanol–water partition coefficient (Wildman–Crippen LogP) is 1.78. The maximum atomic E-state index is 12.8. The molecule has 1 aromatic heterocycles. The Hall–Kier alpha value is -3.39. The van der Waals surface area contributed by atoms with Crippen molar-refractivity contribution >= 4 is 17.4 Å². The van der Waals surface area contributed by atoms with Crippen molar-refractivity contribution in [2.45, 2.75) is 6.04 Å². The molecule has 2 heterocycles. The Kier molecular flexibility index (Phi) is 5.84. The molecule has 0 radical (unpaired) electrons. The molecule has 1 aromatic carbocycles. The number of likely N-dealkylation sites (N-methyl/N-ethyl adjacent to an activating group) is 1. The summed E-state index contributed by atoms with van der Waals surface area (Å²) in [4.78, 5) is 32.9. The first-order valence-corrected chi connectivity index (χ1v) is 9.05. The number of phenolic OH excluding ortho intramolecular Hbond substituents is 1. The minimum atomic E-state index is -0.793. The van der Waals surface area contributed by atoms with Gasteiger partial charge < -0.3 is 24.7 Å². The topological polar surface area (TPSA) is 103 Å². The van der Waals surface area contributed by atoms with Crippen molar-refractivity contribution in [2.24, 2.45) is 0 Å². The number of Topliss-reactive ketones (excluding diaryl/α,β-unsaturated/α-hetero) is 1. The quantitative estimate of drug-likeness (QED) is 0.435. The number of carbonyl (C=O) groups excluding carboxylic acids is 2. The zero-order chi connectivity index (χ0) is 21.1. The number of amides is 1. The number of likely N-dealkylation sites (tertiary alicyclic amines) is 1. The van der Waals surface area contributed by atoms with Gasteiger partial charge in [-0.1, -0.05) is 0 Å². The van der Waals surface area contributed by atoms with Crippen LogP contribution >= 0.6 is 0 Å². The van der Waals surface area contributed by atoms with Crippen molar-refractivity contribution in [1.29, 1.82) is 0 Å². The fourth-order valence-corrected chi connectivity index (χ4v) is 3.29. The molecule has 29 heavy (non-hydrogen) atoms. The number of ketones is 1. The van der Waals surface area contributed by atoms with Crippen LogP contribution in [0.2, 0.25) is 0 Å². The SMILES string of the molecule is COc1ccc(C(O)=C2C(=O)C(=O)N(CCN(C)C)C2c2ccncc2)c(O)c1. The average Bonchev–Trinajstić information content (AvgIpc) is 2.97. The van der Waals surface area contributed by atoms with Crippen molar-refractivity contribution in [1.82, 2.24) is 14.8 Å². The molecular weight excluding hydrogens is 374 g/mol. The molecule has 8 heteroatoms. The van der Waals surface area contributed by atoms with E-state index in [9.17, 15) is 19.8 Å². The standard InChI is InChI=1S/C21H23N3O5/c1-23(2)10-11-24-18(13-6-8-22-9-7-13)17(20(27)21(24)28)19(26)15-5-4-14(29-3)12-16(15)25/h4-9,12,18,25-26H,10-11H2,1-3H3. The summed E-state index contributed by atoms with van der Waals surface area (Å²) in [7, 11) is 5.19. The second-order valence-corrected chi connectivity index (χ2v) is 6.96. The zero-order valence-corrected chi connectivity index (χ0v) is 16.5. The molecule has 1 saturated heterocycles. The number of pyridine rings is 1. The van der Waals surface area contributed by atoms with E-state index in [2.05, 4.69) is 4.98 Å². The molecule has 1 aliphatic heterocycles. The molecule has 1 fully saturated rings. The van der Waals surface area contributed by atoms with Gasteiger partial charge in [-0.3, -0.25) is 14.6 Å². The van der Waals surface area contributed by atoms with Crippen LogP contribution in [0.15, 0.2) is 48.3 Å². The average molecular weight is 397 g/mol. The van der Waals surface area contributed by atoms with Crippen molar-refractivity contribution in [3.8, 4) is 11.5 Å².